The monoisotopic (exact) mass is 380 g/mol. The number of ether oxygens (including phenoxy) is 1. The van der Waals surface area contributed by atoms with Gasteiger partial charge in [0.15, 0.2) is 0 Å². The Balaban J connectivity index is 1.32. The molecule has 2 amide bonds. The van der Waals surface area contributed by atoms with E-state index >= 15 is 0 Å². The van der Waals surface area contributed by atoms with Gasteiger partial charge in [-0.2, -0.15) is 0 Å². The quantitative estimate of drug-likeness (QED) is 0.759. The maximum absolute atomic E-state index is 12.8. The van der Waals surface area contributed by atoms with Gasteiger partial charge in [-0.25, -0.2) is 4.98 Å². The molecule has 4 rings (SSSR count). The highest BCUT2D eigenvalue weighted by Gasteiger charge is 2.53. The molecule has 0 atom stereocenters. The minimum atomic E-state index is -0.303. The lowest BCUT2D eigenvalue weighted by molar-refractivity contribution is -0.165. The number of rotatable bonds is 4. The molecule has 0 bridgehead atoms. The Morgan fingerprint density at radius 1 is 1.14 bits per heavy atom. The van der Waals surface area contributed by atoms with Crippen LogP contribution >= 0.6 is 0 Å². The fourth-order valence-electron chi connectivity index (χ4n) is 4.00. The van der Waals surface area contributed by atoms with Crippen molar-refractivity contribution in [3.8, 4) is 5.75 Å². The Morgan fingerprint density at radius 3 is 2.43 bits per heavy atom. The number of benzene rings is 1. The molecule has 0 radical (unpaired) electrons. The fourth-order valence-corrected chi connectivity index (χ4v) is 4.00. The second-order valence-corrected chi connectivity index (χ2v) is 7.62. The number of carbonyl (C=O) groups is 2. The van der Waals surface area contributed by atoms with Gasteiger partial charge in [0.2, 0.25) is 5.91 Å². The van der Waals surface area contributed by atoms with E-state index in [0.717, 1.165) is 23.6 Å². The highest BCUT2D eigenvalue weighted by Crippen LogP contribution is 2.42. The number of hydrogen-bond acceptors (Lipinski definition) is 5. The molecule has 7 heteroatoms. The highest BCUT2D eigenvalue weighted by atomic mass is 16.5. The van der Waals surface area contributed by atoms with Crippen molar-refractivity contribution in [3.63, 3.8) is 0 Å². The zero-order valence-electron chi connectivity index (χ0n) is 16.2. The van der Waals surface area contributed by atoms with Gasteiger partial charge >= 0.3 is 0 Å². The van der Waals surface area contributed by atoms with Crippen LogP contribution in [0.2, 0.25) is 0 Å². The SMILES string of the molecule is COc1ccc(CN2CC3(CCN(C(=O)c4cnc(C)cn4)CC3)C2=O)cc1. The summed E-state index contributed by atoms with van der Waals surface area (Å²) < 4.78 is 5.17. The molecule has 1 aromatic heterocycles. The lowest BCUT2D eigenvalue weighted by Crippen LogP contribution is -2.64. The number of hydrogen-bond donors (Lipinski definition) is 0. The zero-order chi connectivity index (χ0) is 19.7. The topological polar surface area (TPSA) is 75.6 Å². The Hall–Kier alpha value is -2.96. The van der Waals surface area contributed by atoms with Gasteiger partial charge in [-0.05, 0) is 37.5 Å². The summed E-state index contributed by atoms with van der Waals surface area (Å²) in [5.41, 5.74) is 1.94. The number of nitrogens with zero attached hydrogens (tertiary/aromatic N) is 4. The first-order chi connectivity index (χ1) is 13.5. The molecule has 0 N–H and O–H groups in total. The second kappa shape index (κ2) is 7.22. The van der Waals surface area contributed by atoms with E-state index in [4.69, 9.17) is 4.74 Å². The van der Waals surface area contributed by atoms with Gasteiger partial charge in [0.1, 0.15) is 11.4 Å². The highest BCUT2D eigenvalue weighted by molar-refractivity contribution is 5.93. The third-order valence-electron chi connectivity index (χ3n) is 5.77. The third-order valence-corrected chi connectivity index (χ3v) is 5.77. The molecule has 2 saturated heterocycles. The molecule has 7 nitrogen and oxygen atoms in total. The van der Waals surface area contributed by atoms with Crippen molar-refractivity contribution in [2.24, 2.45) is 5.41 Å². The van der Waals surface area contributed by atoms with E-state index in [1.165, 1.54) is 6.20 Å². The van der Waals surface area contributed by atoms with Crippen LogP contribution in [0.4, 0.5) is 0 Å². The first-order valence-corrected chi connectivity index (χ1v) is 9.51. The summed E-state index contributed by atoms with van der Waals surface area (Å²) >= 11 is 0. The average molecular weight is 380 g/mol. The number of carbonyl (C=O) groups excluding carboxylic acids is 2. The molecule has 2 aromatic rings. The van der Waals surface area contributed by atoms with Crippen molar-refractivity contribution >= 4 is 11.8 Å². The summed E-state index contributed by atoms with van der Waals surface area (Å²) in [5.74, 6) is 0.903. The average Bonchev–Trinajstić information content (AvgIpc) is 2.74. The summed E-state index contributed by atoms with van der Waals surface area (Å²) in [4.78, 5) is 37.4. The van der Waals surface area contributed by atoms with Crippen molar-refractivity contribution in [2.75, 3.05) is 26.7 Å². The van der Waals surface area contributed by atoms with Crippen LogP contribution in [0.5, 0.6) is 5.75 Å². The van der Waals surface area contributed by atoms with Crippen LogP contribution in [0.25, 0.3) is 0 Å². The van der Waals surface area contributed by atoms with E-state index in [2.05, 4.69) is 9.97 Å². The van der Waals surface area contributed by atoms with Gasteiger partial charge in [0.25, 0.3) is 5.91 Å². The number of piperidine rings is 1. The minimum Gasteiger partial charge on any atom is -0.497 e. The van der Waals surface area contributed by atoms with Gasteiger partial charge in [-0.1, -0.05) is 12.1 Å². The smallest absolute Gasteiger partial charge is 0.274 e. The van der Waals surface area contributed by atoms with Gasteiger partial charge in [-0.15, -0.1) is 0 Å². The molecule has 28 heavy (non-hydrogen) atoms. The molecule has 3 heterocycles. The Bertz CT molecular complexity index is 872. The minimum absolute atomic E-state index is 0.107. The standard InChI is InChI=1S/C21H24N4O3/c1-15-11-23-18(12-22-15)19(26)24-9-7-21(8-10-24)14-25(20(21)27)13-16-3-5-17(28-2)6-4-16/h3-6,11-12H,7-10,13-14H2,1-2H3. The van der Waals surface area contributed by atoms with E-state index in [9.17, 15) is 9.59 Å². The molecule has 0 saturated carbocycles. The van der Waals surface area contributed by atoms with Crippen LogP contribution < -0.4 is 4.74 Å². The molecular formula is C21H24N4O3. The van der Waals surface area contributed by atoms with Crippen molar-refractivity contribution < 1.29 is 14.3 Å². The Morgan fingerprint density at radius 2 is 1.86 bits per heavy atom. The number of methoxy groups -OCH3 is 1. The zero-order valence-corrected chi connectivity index (χ0v) is 16.2. The fraction of sp³-hybridized carbons (Fsp3) is 0.429. The number of likely N-dealkylation sites (tertiary alicyclic amines) is 2. The predicted octanol–water partition coefficient (Wildman–Crippen LogP) is 2.06. The van der Waals surface area contributed by atoms with E-state index in [1.54, 1.807) is 18.2 Å². The Kier molecular flexibility index (Phi) is 4.75. The largest absolute Gasteiger partial charge is 0.497 e. The van der Waals surface area contributed by atoms with Crippen molar-refractivity contribution in [3.05, 3.63) is 53.6 Å². The molecule has 2 fully saturated rings. The predicted molar refractivity (Wildman–Crippen MR) is 103 cm³/mol. The van der Waals surface area contributed by atoms with E-state index in [0.29, 0.717) is 38.2 Å². The second-order valence-electron chi connectivity index (χ2n) is 7.62. The van der Waals surface area contributed by atoms with Gasteiger partial charge in [0, 0.05) is 32.4 Å². The van der Waals surface area contributed by atoms with Crippen LogP contribution in [0.1, 0.15) is 34.6 Å². The molecule has 2 aliphatic rings. The summed E-state index contributed by atoms with van der Waals surface area (Å²) in [6.07, 6.45) is 4.53. The number of β-lactam (4-membered cyclic amide) rings is 1. The normalized spacial score (nSPS) is 18.1. The van der Waals surface area contributed by atoms with Gasteiger partial charge in [-0.3, -0.25) is 14.6 Å². The van der Waals surface area contributed by atoms with E-state index < -0.39 is 0 Å². The van der Waals surface area contributed by atoms with E-state index in [1.807, 2.05) is 36.1 Å². The summed E-state index contributed by atoms with van der Waals surface area (Å²) in [5, 5.41) is 0. The molecule has 0 unspecified atom stereocenters. The number of aromatic nitrogens is 2. The van der Waals surface area contributed by atoms with Crippen LogP contribution in [0, 0.1) is 12.3 Å². The maximum atomic E-state index is 12.8. The number of amides is 2. The van der Waals surface area contributed by atoms with Crippen LogP contribution in [0.3, 0.4) is 0 Å². The number of aryl methyl sites for hydroxylation is 1. The molecule has 2 aliphatic heterocycles. The van der Waals surface area contributed by atoms with Gasteiger partial charge in [0.05, 0.1) is 24.4 Å². The lowest BCUT2D eigenvalue weighted by Gasteiger charge is -2.52. The lowest BCUT2D eigenvalue weighted by atomic mass is 9.71. The first-order valence-electron chi connectivity index (χ1n) is 9.51. The van der Waals surface area contributed by atoms with Crippen LogP contribution in [-0.2, 0) is 11.3 Å². The van der Waals surface area contributed by atoms with Gasteiger partial charge < -0.3 is 14.5 Å². The molecule has 146 valence electrons. The summed E-state index contributed by atoms with van der Waals surface area (Å²) in [7, 11) is 1.64. The van der Waals surface area contributed by atoms with Crippen LogP contribution in [-0.4, -0.2) is 58.3 Å². The first kappa shape index (κ1) is 18.4. The molecule has 1 aromatic carbocycles. The van der Waals surface area contributed by atoms with E-state index in [-0.39, 0.29) is 17.2 Å². The molecular weight excluding hydrogens is 356 g/mol. The Labute approximate surface area is 164 Å². The third kappa shape index (κ3) is 3.32. The maximum Gasteiger partial charge on any atom is 0.274 e. The van der Waals surface area contributed by atoms with Crippen molar-refractivity contribution in [1.29, 1.82) is 0 Å². The van der Waals surface area contributed by atoms with Crippen LogP contribution in [0.15, 0.2) is 36.7 Å². The summed E-state index contributed by atoms with van der Waals surface area (Å²) in [6, 6.07) is 7.79. The molecule has 0 aliphatic carbocycles. The summed E-state index contributed by atoms with van der Waals surface area (Å²) in [6.45, 7) is 4.37. The van der Waals surface area contributed by atoms with Crippen molar-refractivity contribution in [1.82, 2.24) is 19.8 Å². The van der Waals surface area contributed by atoms with Crippen molar-refractivity contribution in [2.45, 2.75) is 26.3 Å². The molecule has 1 spiro atoms.